The summed E-state index contributed by atoms with van der Waals surface area (Å²) in [5.41, 5.74) is 13.3. The van der Waals surface area contributed by atoms with E-state index >= 15 is 0 Å². The van der Waals surface area contributed by atoms with Crippen LogP contribution < -0.4 is 0 Å². The lowest BCUT2D eigenvalue weighted by molar-refractivity contribution is 1.03. The van der Waals surface area contributed by atoms with Gasteiger partial charge in [-0.2, -0.15) is 0 Å². The predicted octanol–water partition coefficient (Wildman–Crippen LogP) is 13.4. The highest BCUT2D eigenvalue weighted by atomic mass is 32.1. The summed E-state index contributed by atoms with van der Waals surface area (Å²) in [6, 6.07) is 55.2. The molecule has 0 N–H and O–H groups in total. The summed E-state index contributed by atoms with van der Waals surface area (Å²) in [4.78, 5) is 0. The van der Waals surface area contributed by atoms with Crippen LogP contribution >= 0.6 is 11.3 Å². The fourth-order valence-corrected chi connectivity index (χ4v) is 8.64. The highest BCUT2D eigenvalue weighted by Crippen LogP contribution is 2.54. The predicted molar refractivity (Wildman–Crippen MR) is 210 cm³/mol. The molecule has 0 nitrogen and oxygen atoms in total. The maximum atomic E-state index is 4.96. The van der Waals surface area contributed by atoms with Crippen LogP contribution in [0.25, 0.3) is 70.9 Å². The highest BCUT2D eigenvalue weighted by Gasteiger charge is 2.33. The molecule has 0 spiro atoms. The van der Waals surface area contributed by atoms with Gasteiger partial charge in [-0.05, 0) is 108 Å². The smallest absolute Gasteiger partial charge is 0.0358 e. The Morgan fingerprint density at radius 3 is 1.96 bits per heavy atom. The van der Waals surface area contributed by atoms with Gasteiger partial charge >= 0.3 is 0 Å². The average Bonchev–Trinajstić information content (AvgIpc) is 3.66. The van der Waals surface area contributed by atoms with Crippen molar-refractivity contribution in [1.29, 1.82) is 0 Å². The molecule has 8 aromatic rings. The summed E-state index contributed by atoms with van der Waals surface area (Å²) in [5, 5.41) is 5.16. The van der Waals surface area contributed by atoms with Crippen molar-refractivity contribution in [3.63, 3.8) is 0 Å². The van der Waals surface area contributed by atoms with E-state index in [0.29, 0.717) is 0 Å². The Hall–Kier alpha value is -5.76. The number of benzene rings is 7. The highest BCUT2D eigenvalue weighted by molar-refractivity contribution is 7.25. The van der Waals surface area contributed by atoms with Crippen molar-refractivity contribution >= 4 is 60.0 Å². The third-order valence-corrected chi connectivity index (χ3v) is 11.0. The van der Waals surface area contributed by atoms with Crippen LogP contribution in [0.1, 0.15) is 33.7 Å². The van der Waals surface area contributed by atoms with Crippen LogP contribution in [0.2, 0.25) is 0 Å². The summed E-state index contributed by atoms with van der Waals surface area (Å²) in [7, 11) is 0. The number of allylic oxidation sites excluding steroid dienone is 2. The Bertz CT molecular complexity index is 2580. The molecule has 9 rings (SSSR count). The lowest BCUT2D eigenvalue weighted by atomic mass is 9.81. The first-order valence-corrected chi connectivity index (χ1v) is 17.2. The van der Waals surface area contributed by atoms with Gasteiger partial charge in [0.2, 0.25) is 0 Å². The van der Waals surface area contributed by atoms with E-state index in [4.69, 9.17) is 6.58 Å². The largest absolute Gasteiger partial charge is 0.135 e. The van der Waals surface area contributed by atoms with Crippen molar-refractivity contribution in [3.8, 4) is 22.3 Å². The Morgan fingerprint density at radius 1 is 0.542 bits per heavy atom. The first-order valence-electron chi connectivity index (χ1n) is 16.4. The van der Waals surface area contributed by atoms with Crippen LogP contribution in [-0.2, 0) is 0 Å². The Balaban J connectivity index is 1.27. The van der Waals surface area contributed by atoms with E-state index in [1.54, 1.807) is 0 Å². The molecule has 0 saturated heterocycles. The molecule has 226 valence electrons. The molecule has 0 radical (unpaired) electrons. The first-order chi connectivity index (χ1) is 23.7. The van der Waals surface area contributed by atoms with Crippen molar-refractivity contribution in [2.45, 2.75) is 5.92 Å². The topological polar surface area (TPSA) is 0 Å². The molecule has 0 unspecified atom stereocenters. The van der Waals surface area contributed by atoms with Crippen LogP contribution in [0, 0.1) is 0 Å². The zero-order valence-corrected chi connectivity index (χ0v) is 27.3. The second kappa shape index (κ2) is 11.5. The maximum absolute atomic E-state index is 4.96. The summed E-state index contributed by atoms with van der Waals surface area (Å²) in [5.74, 6) is 0.00478. The second-order valence-electron chi connectivity index (χ2n) is 12.6. The maximum Gasteiger partial charge on any atom is 0.0358 e. The first kappa shape index (κ1) is 28.5. The van der Waals surface area contributed by atoms with Crippen molar-refractivity contribution in [3.05, 3.63) is 198 Å². The number of fused-ring (bicyclic) bond motifs is 7. The molecule has 0 fully saturated rings. The van der Waals surface area contributed by atoms with Crippen LogP contribution in [0.15, 0.2) is 170 Å². The van der Waals surface area contributed by atoms with Crippen molar-refractivity contribution < 1.29 is 0 Å². The molecule has 1 atom stereocenters. The molecule has 7 aromatic carbocycles. The van der Waals surface area contributed by atoms with Gasteiger partial charge in [-0.15, -0.1) is 11.3 Å². The van der Waals surface area contributed by atoms with Gasteiger partial charge in [0, 0.05) is 26.1 Å². The van der Waals surface area contributed by atoms with Gasteiger partial charge in [0.05, 0.1) is 0 Å². The van der Waals surface area contributed by atoms with E-state index in [9.17, 15) is 0 Å². The molecular weight excluding hydrogens is 597 g/mol. The standard InChI is InChI=1S/C47H32S/c1-3-31-13-7-8-16-35(31)25-39(34-23-21-33(22-24-34)32-14-5-4-6-15-32)30(2)47-43-27-37-18-10-9-17-36(37)26-40(43)41-28-42-38-19-11-12-20-45(38)48-46(42)29-44(41)47/h3-29,47H,1-2H2/b39-25+/t47-/m1/s1. The zero-order valence-electron chi connectivity index (χ0n) is 26.5. The lowest BCUT2D eigenvalue weighted by Gasteiger charge is -2.22. The quantitative estimate of drug-likeness (QED) is 0.127. The summed E-state index contributed by atoms with van der Waals surface area (Å²) in [6.07, 6.45) is 4.25. The molecule has 0 aliphatic heterocycles. The number of thiophene rings is 1. The van der Waals surface area contributed by atoms with Crippen LogP contribution in [-0.4, -0.2) is 0 Å². The van der Waals surface area contributed by atoms with Crippen LogP contribution in [0.3, 0.4) is 0 Å². The molecule has 0 saturated carbocycles. The Kier molecular flexibility index (Phi) is 6.81. The van der Waals surface area contributed by atoms with Gasteiger partial charge in [-0.25, -0.2) is 0 Å². The van der Waals surface area contributed by atoms with E-state index in [0.717, 1.165) is 27.8 Å². The lowest BCUT2D eigenvalue weighted by Crippen LogP contribution is -2.03. The van der Waals surface area contributed by atoms with E-state index in [1.165, 1.54) is 64.3 Å². The van der Waals surface area contributed by atoms with Crippen LogP contribution in [0.4, 0.5) is 0 Å². The molecule has 1 heteroatoms. The number of hydrogen-bond donors (Lipinski definition) is 0. The third-order valence-electron chi connectivity index (χ3n) is 9.89. The van der Waals surface area contributed by atoms with Gasteiger partial charge in [0.25, 0.3) is 0 Å². The summed E-state index contributed by atoms with van der Waals surface area (Å²) in [6.45, 7) is 9.08. The average molecular weight is 629 g/mol. The Labute approximate surface area is 285 Å². The molecule has 1 heterocycles. The fourth-order valence-electron chi connectivity index (χ4n) is 7.51. The van der Waals surface area contributed by atoms with Crippen molar-refractivity contribution in [1.82, 2.24) is 0 Å². The molecule has 1 aliphatic carbocycles. The zero-order chi connectivity index (χ0) is 32.2. The normalized spacial score (nSPS) is 13.9. The van der Waals surface area contributed by atoms with E-state index in [-0.39, 0.29) is 5.92 Å². The fraction of sp³-hybridized carbons (Fsp3) is 0.0213. The molecule has 1 aromatic heterocycles. The van der Waals surface area contributed by atoms with Gasteiger partial charge in [0.15, 0.2) is 0 Å². The number of hydrogen-bond acceptors (Lipinski definition) is 1. The SMILES string of the molecule is C=Cc1ccccc1/C=C(\C(=C)[C@@H]1c2cc3ccccc3cc2-c2cc3c(cc21)sc1ccccc13)c1ccc(-c2ccccc2)cc1. The third kappa shape index (κ3) is 4.67. The second-order valence-corrected chi connectivity index (χ2v) is 13.7. The molecule has 1 aliphatic rings. The molecule has 48 heavy (non-hydrogen) atoms. The van der Waals surface area contributed by atoms with Gasteiger partial charge in [-0.3, -0.25) is 0 Å². The molecule has 0 amide bonds. The van der Waals surface area contributed by atoms with Gasteiger partial charge < -0.3 is 0 Å². The minimum atomic E-state index is 0.00478. The van der Waals surface area contributed by atoms with Gasteiger partial charge in [-0.1, -0.05) is 141 Å². The van der Waals surface area contributed by atoms with Gasteiger partial charge in [0.1, 0.15) is 0 Å². The monoisotopic (exact) mass is 628 g/mol. The van der Waals surface area contributed by atoms with E-state index < -0.39 is 0 Å². The van der Waals surface area contributed by atoms with Crippen LogP contribution in [0.5, 0.6) is 0 Å². The summed E-state index contributed by atoms with van der Waals surface area (Å²) >= 11 is 1.88. The van der Waals surface area contributed by atoms with Crippen molar-refractivity contribution in [2.24, 2.45) is 0 Å². The minimum absolute atomic E-state index is 0.00478. The van der Waals surface area contributed by atoms with E-state index in [2.05, 4.69) is 164 Å². The van der Waals surface area contributed by atoms with E-state index in [1.807, 2.05) is 17.4 Å². The Morgan fingerprint density at radius 2 is 1.17 bits per heavy atom. The molecular formula is C47H32S. The molecule has 0 bridgehead atoms. The van der Waals surface area contributed by atoms with Crippen molar-refractivity contribution in [2.75, 3.05) is 0 Å². The summed E-state index contributed by atoms with van der Waals surface area (Å²) < 4.78 is 2.64. The number of rotatable bonds is 6. The minimum Gasteiger partial charge on any atom is -0.135 e.